The second kappa shape index (κ2) is 6.75. The minimum Gasteiger partial charge on any atom is -0.396 e. The number of hydrogen-bond acceptors (Lipinski definition) is 3. The number of rotatable bonds is 4. The zero-order valence-electron chi connectivity index (χ0n) is 12.4. The molecule has 2 N–H and O–H groups in total. The molecule has 0 radical (unpaired) electrons. The molecule has 1 aliphatic rings. The van der Waals surface area contributed by atoms with Crippen LogP contribution in [0.15, 0.2) is 18.2 Å². The molecule has 0 aromatic heterocycles. The predicted molar refractivity (Wildman–Crippen MR) is 81.1 cm³/mol. The average molecular weight is 276 g/mol. The van der Waals surface area contributed by atoms with E-state index in [0.717, 1.165) is 49.3 Å². The zero-order valence-corrected chi connectivity index (χ0v) is 12.4. The highest BCUT2D eigenvalue weighted by molar-refractivity contribution is 5.96. The molecule has 1 aromatic carbocycles. The van der Waals surface area contributed by atoms with Gasteiger partial charge in [0, 0.05) is 37.5 Å². The number of hydrogen-bond donors (Lipinski definition) is 2. The molecule has 4 heteroatoms. The molecular weight excluding hydrogens is 252 g/mol. The summed E-state index contributed by atoms with van der Waals surface area (Å²) in [5.41, 5.74) is 2.85. The van der Waals surface area contributed by atoms with Gasteiger partial charge in [0.05, 0.1) is 0 Å². The maximum atomic E-state index is 12.5. The van der Waals surface area contributed by atoms with Crippen LogP contribution in [-0.2, 0) is 0 Å². The van der Waals surface area contributed by atoms with Gasteiger partial charge in [-0.1, -0.05) is 0 Å². The van der Waals surface area contributed by atoms with E-state index in [-0.39, 0.29) is 12.5 Å². The first kappa shape index (κ1) is 14.9. The van der Waals surface area contributed by atoms with E-state index in [2.05, 4.69) is 12.2 Å². The quantitative estimate of drug-likeness (QED) is 0.887. The van der Waals surface area contributed by atoms with E-state index in [1.807, 2.05) is 30.0 Å². The van der Waals surface area contributed by atoms with Crippen molar-refractivity contribution in [2.75, 3.05) is 31.6 Å². The number of aliphatic hydroxyl groups is 1. The second-order valence-corrected chi connectivity index (χ2v) is 5.48. The molecule has 0 saturated carbocycles. The molecule has 1 aliphatic heterocycles. The van der Waals surface area contributed by atoms with Crippen LogP contribution in [0, 0.1) is 12.8 Å². The van der Waals surface area contributed by atoms with Crippen LogP contribution in [0.25, 0.3) is 0 Å². The summed E-state index contributed by atoms with van der Waals surface area (Å²) in [5.74, 6) is 0.471. The molecule has 0 aliphatic carbocycles. The van der Waals surface area contributed by atoms with Crippen molar-refractivity contribution in [2.24, 2.45) is 5.92 Å². The molecular formula is C16H24N2O2. The molecule has 20 heavy (non-hydrogen) atoms. The second-order valence-electron chi connectivity index (χ2n) is 5.48. The number of carbonyl (C=O) groups is 1. The van der Waals surface area contributed by atoms with Gasteiger partial charge in [-0.15, -0.1) is 0 Å². The van der Waals surface area contributed by atoms with Gasteiger partial charge in [-0.05, 0) is 56.4 Å². The summed E-state index contributed by atoms with van der Waals surface area (Å²) in [6.07, 6.45) is 1.80. The van der Waals surface area contributed by atoms with Crippen LogP contribution in [0.4, 0.5) is 5.69 Å². The van der Waals surface area contributed by atoms with Gasteiger partial charge in [-0.25, -0.2) is 0 Å². The van der Waals surface area contributed by atoms with E-state index in [0.29, 0.717) is 5.92 Å². The maximum Gasteiger partial charge on any atom is 0.254 e. The number of nitrogens with zero attached hydrogens (tertiary/aromatic N) is 1. The van der Waals surface area contributed by atoms with Gasteiger partial charge in [0.25, 0.3) is 5.91 Å². The molecule has 0 spiro atoms. The first-order valence-corrected chi connectivity index (χ1v) is 7.40. The van der Waals surface area contributed by atoms with E-state index >= 15 is 0 Å². The first-order valence-electron chi connectivity index (χ1n) is 7.40. The molecule has 0 bridgehead atoms. The number of anilines is 1. The number of aliphatic hydroxyl groups excluding tert-OH is 1. The maximum absolute atomic E-state index is 12.5. The Bertz CT molecular complexity index is 466. The highest BCUT2D eigenvalue weighted by Crippen LogP contribution is 2.21. The van der Waals surface area contributed by atoms with Crippen LogP contribution >= 0.6 is 0 Å². The molecule has 1 saturated heterocycles. The van der Waals surface area contributed by atoms with Crippen LogP contribution in [0.1, 0.15) is 35.7 Å². The fourth-order valence-corrected chi connectivity index (χ4v) is 2.71. The minimum atomic E-state index is 0.113. The van der Waals surface area contributed by atoms with Crippen molar-refractivity contribution in [3.05, 3.63) is 29.3 Å². The van der Waals surface area contributed by atoms with Crippen molar-refractivity contribution in [1.82, 2.24) is 4.90 Å². The standard InChI is InChI=1S/C16H24N2O2/c1-3-17-14-4-5-15(12(2)10-14)16(20)18-8-6-13(11-19)7-9-18/h4-5,10,13,17,19H,3,6-9,11H2,1-2H3. The number of carbonyl (C=O) groups excluding carboxylic acids is 1. The van der Waals surface area contributed by atoms with E-state index in [1.165, 1.54) is 0 Å². The molecule has 1 fully saturated rings. The fourth-order valence-electron chi connectivity index (χ4n) is 2.71. The molecule has 110 valence electrons. The molecule has 2 rings (SSSR count). The van der Waals surface area contributed by atoms with Crippen LogP contribution in [0.2, 0.25) is 0 Å². The van der Waals surface area contributed by atoms with Crippen molar-refractivity contribution in [2.45, 2.75) is 26.7 Å². The molecule has 1 heterocycles. The molecule has 4 nitrogen and oxygen atoms in total. The summed E-state index contributed by atoms with van der Waals surface area (Å²) >= 11 is 0. The summed E-state index contributed by atoms with van der Waals surface area (Å²) in [6.45, 7) is 6.64. The Labute approximate surface area is 120 Å². The van der Waals surface area contributed by atoms with Gasteiger partial charge < -0.3 is 15.3 Å². The van der Waals surface area contributed by atoms with E-state index in [9.17, 15) is 4.79 Å². The predicted octanol–water partition coefficient (Wildman–Crippen LogP) is 2.27. The van der Waals surface area contributed by atoms with Crippen LogP contribution < -0.4 is 5.32 Å². The number of aryl methyl sites for hydroxylation is 1. The van der Waals surface area contributed by atoms with Crippen LogP contribution in [-0.4, -0.2) is 42.2 Å². The van der Waals surface area contributed by atoms with Crippen molar-refractivity contribution < 1.29 is 9.90 Å². The number of likely N-dealkylation sites (tertiary alicyclic amines) is 1. The minimum absolute atomic E-state index is 0.113. The number of nitrogens with one attached hydrogen (secondary N) is 1. The average Bonchev–Trinajstić information content (AvgIpc) is 2.47. The summed E-state index contributed by atoms with van der Waals surface area (Å²) in [6, 6.07) is 5.90. The Kier molecular flexibility index (Phi) is 5.01. The summed E-state index contributed by atoms with van der Waals surface area (Å²) in [4.78, 5) is 14.4. The van der Waals surface area contributed by atoms with E-state index in [1.54, 1.807) is 0 Å². The topological polar surface area (TPSA) is 52.6 Å². The molecule has 1 amide bonds. The first-order chi connectivity index (χ1) is 9.65. The Balaban J connectivity index is 2.06. The third kappa shape index (κ3) is 3.31. The fraction of sp³-hybridized carbons (Fsp3) is 0.562. The van der Waals surface area contributed by atoms with Gasteiger partial charge in [0.2, 0.25) is 0 Å². The molecule has 1 aromatic rings. The highest BCUT2D eigenvalue weighted by Gasteiger charge is 2.23. The van der Waals surface area contributed by atoms with Gasteiger partial charge >= 0.3 is 0 Å². The number of piperidine rings is 1. The van der Waals surface area contributed by atoms with Crippen molar-refractivity contribution in [1.29, 1.82) is 0 Å². The van der Waals surface area contributed by atoms with Crippen molar-refractivity contribution in [3.8, 4) is 0 Å². The lowest BCUT2D eigenvalue weighted by atomic mass is 9.97. The third-order valence-electron chi connectivity index (χ3n) is 4.00. The Morgan fingerprint density at radius 2 is 2.10 bits per heavy atom. The smallest absolute Gasteiger partial charge is 0.254 e. The lowest BCUT2D eigenvalue weighted by Crippen LogP contribution is -2.39. The summed E-state index contributed by atoms with van der Waals surface area (Å²) in [5, 5.41) is 12.4. The Morgan fingerprint density at radius 3 is 2.65 bits per heavy atom. The van der Waals surface area contributed by atoms with Gasteiger partial charge in [0.1, 0.15) is 0 Å². The van der Waals surface area contributed by atoms with E-state index in [4.69, 9.17) is 5.11 Å². The number of amides is 1. The van der Waals surface area contributed by atoms with Crippen molar-refractivity contribution in [3.63, 3.8) is 0 Å². The Morgan fingerprint density at radius 1 is 1.40 bits per heavy atom. The number of benzene rings is 1. The SMILES string of the molecule is CCNc1ccc(C(=O)N2CCC(CO)CC2)c(C)c1. The van der Waals surface area contributed by atoms with Gasteiger partial charge in [-0.2, -0.15) is 0 Å². The van der Waals surface area contributed by atoms with Gasteiger partial charge in [-0.3, -0.25) is 4.79 Å². The largest absolute Gasteiger partial charge is 0.396 e. The molecule has 0 atom stereocenters. The van der Waals surface area contributed by atoms with Crippen LogP contribution in [0.5, 0.6) is 0 Å². The lowest BCUT2D eigenvalue weighted by Gasteiger charge is -2.31. The normalized spacial score (nSPS) is 16.2. The van der Waals surface area contributed by atoms with Gasteiger partial charge in [0.15, 0.2) is 0 Å². The Hall–Kier alpha value is -1.55. The zero-order chi connectivity index (χ0) is 14.5. The monoisotopic (exact) mass is 276 g/mol. The van der Waals surface area contributed by atoms with Crippen molar-refractivity contribution >= 4 is 11.6 Å². The summed E-state index contributed by atoms with van der Waals surface area (Å²) < 4.78 is 0. The third-order valence-corrected chi connectivity index (χ3v) is 4.00. The summed E-state index contributed by atoms with van der Waals surface area (Å²) in [7, 11) is 0. The van der Waals surface area contributed by atoms with Crippen LogP contribution in [0.3, 0.4) is 0 Å². The lowest BCUT2D eigenvalue weighted by molar-refractivity contribution is 0.0650. The molecule has 0 unspecified atom stereocenters. The van der Waals surface area contributed by atoms with E-state index < -0.39 is 0 Å². The highest BCUT2D eigenvalue weighted by atomic mass is 16.3.